The van der Waals surface area contributed by atoms with E-state index in [4.69, 9.17) is 0 Å². The molecule has 1 amide bonds. The van der Waals surface area contributed by atoms with Crippen LogP contribution in [0.5, 0.6) is 0 Å². The summed E-state index contributed by atoms with van der Waals surface area (Å²) in [6.07, 6.45) is 1.73. The number of aryl methyl sites for hydroxylation is 2. The minimum atomic E-state index is -0.102. The molecular weight excluding hydrogens is 236 g/mol. The number of carbonyl (C=O) groups excluding carboxylic acids is 1. The van der Waals surface area contributed by atoms with E-state index in [1.165, 1.54) is 5.56 Å². The van der Waals surface area contributed by atoms with Crippen LogP contribution in [0.1, 0.15) is 40.1 Å². The molecule has 1 atom stereocenters. The molecule has 1 N–H and O–H groups in total. The number of benzene rings is 1. The predicted molar refractivity (Wildman–Crippen MR) is 76.0 cm³/mol. The second-order valence-corrected chi connectivity index (χ2v) is 4.75. The van der Waals surface area contributed by atoms with E-state index < -0.39 is 0 Å². The van der Waals surface area contributed by atoms with Crippen LogP contribution in [-0.2, 0) is 0 Å². The first-order valence-electron chi connectivity index (χ1n) is 6.37. The summed E-state index contributed by atoms with van der Waals surface area (Å²) in [5.41, 5.74) is 3.86. The Labute approximate surface area is 113 Å². The molecule has 98 valence electrons. The van der Waals surface area contributed by atoms with Gasteiger partial charge in [0.25, 0.3) is 5.91 Å². The van der Waals surface area contributed by atoms with Gasteiger partial charge in [-0.3, -0.25) is 9.78 Å². The lowest BCUT2D eigenvalue weighted by atomic mass is 10.1. The molecule has 0 bridgehead atoms. The van der Waals surface area contributed by atoms with Crippen LogP contribution < -0.4 is 5.32 Å². The first kappa shape index (κ1) is 13.3. The summed E-state index contributed by atoms with van der Waals surface area (Å²) >= 11 is 0. The highest BCUT2D eigenvalue weighted by Gasteiger charge is 2.12. The van der Waals surface area contributed by atoms with E-state index in [-0.39, 0.29) is 11.9 Å². The average Bonchev–Trinajstić information content (AvgIpc) is 2.42. The van der Waals surface area contributed by atoms with Gasteiger partial charge in [0, 0.05) is 11.8 Å². The van der Waals surface area contributed by atoms with Gasteiger partial charge >= 0.3 is 0 Å². The van der Waals surface area contributed by atoms with E-state index in [1.807, 2.05) is 57.2 Å². The van der Waals surface area contributed by atoms with Crippen molar-refractivity contribution in [2.45, 2.75) is 26.8 Å². The largest absolute Gasteiger partial charge is 0.344 e. The molecule has 2 rings (SSSR count). The van der Waals surface area contributed by atoms with Crippen LogP contribution >= 0.6 is 0 Å². The quantitative estimate of drug-likeness (QED) is 0.914. The Hall–Kier alpha value is -2.16. The number of nitrogens with one attached hydrogen (secondary N) is 1. The topological polar surface area (TPSA) is 42.0 Å². The van der Waals surface area contributed by atoms with Gasteiger partial charge in [-0.05, 0) is 56.2 Å². The van der Waals surface area contributed by atoms with Crippen molar-refractivity contribution in [1.29, 1.82) is 0 Å². The highest BCUT2D eigenvalue weighted by atomic mass is 16.1. The van der Waals surface area contributed by atoms with Crippen molar-refractivity contribution >= 4 is 5.91 Å². The van der Waals surface area contributed by atoms with Crippen LogP contribution in [0.25, 0.3) is 0 Å². The minimum absolute atomic E-state index is 0.0683. The SMILES string of the molecule is Cc1ccc(C(=O)N[C@H](C)c2ccccn2)cc1C. The fourth-order valence-corrected chi connectivity index (χ4v) is 1.87. The predicted octanol–water partition coefficient (Wildman–Crippen LogP) is 3.19. The van der Waals surface area contributed by atoms with Gasteiger partial charge < -0.3 is 5.32 Å². The molecule has 1 aromatic carbocycles. The Bertz CT molecular complexity index is 579. The average molecular weight is 254 g/mol. The Kier molecular flexibility index (Phi) is 3.95. The number of pyridine rings is 1. The summed E-state index contributed by atoms with van der Waals surface area (Å²) in [5.74, 6) is -0.0683. The molecule has 0 saturated heterocycles. The highest BCUT2D eigenvalue weighted by Crippen LogP contribution is 2.12. The van der Waals surface area contributed by atoms with Crippen molar-refractivity contribution in [3.8, 4) is 0 Å². The molecule has 0 saturated carbocycles. The number of hydrogen-bond acceptors (Lipinski definition) is 2. The van der Waals surface area contributed by atoms with Gasteiger partial charge in [0.05, 0.1) is 11.7 Å². The molecule has 0 radical (unpaired) electrons. The summed E-state index contributed by atoms with van der Waals surface area (Å²) in [7, 11) is 0. The molecule has 0 aliphatic carbocycles. The summed E-state index contributed by atoms with van der Waals surface area (Å²) in [6.45, 7) is 5.98. The smallest absolute Gasteiger partial charge is 0.251 e. The van der Waals surface area contributed by atoms with E-state index in [0.29, 0.717) is 5.56 Å². The zero-order chi connectivity index (χ0) is 13.8. The van der Waals surface area contributed by atoms with Crippen molar-refractivity contribution in [3.63, 3.8) is 0 Å². The Morgan fingerprint density at radius 3 is 2.58 bits per heavy atom. The van der Waals surface area contributed by atoms with E-state index in [9.17, 15) is 4.79 Å². The first-order valence-corrected chi connectivity index (χ1v) is 6.37. The molecule has 0 unspecified atom stereocenters. The number of amides is 1. The van der Waals surface area contributed by atoms with Crippen LogP contribution in [0.4, 0.5) is 0 Å². The molecule has 0 aliphatic rings. The molecule has 0 aliphatic heterocycles. The molecule has 1 heterocycles. The third kappa shape index (κ3) is 3.19. The summed E-state index contributed by atoms with van der Waals surface area (Å²) < 4.78 is 0. The van der Waals surface area contributed by atoms with Crippen LogP contribution in [0, 0.1) is 13.8 Å². The van der Waals surface area contributed by atoms with Crippen molar-refractivity contribution in [1.82, 2.24) is 10.3 Å². The number of rotatable bonds is 3. The number of nitrogens with zero attached hydrogens (tertiary/aromatic N) is 1. The molecule has 2 aromatic rings. The van der Waals surface area contributed by atoms with Gasteiger partial charge in [0.2, 0.25) is 0 Å². The first-order chi connectivity index (χ1) is 9.08. The third-order valence-electron chi connectivity index (χ3n) is 3.25. The van der Waals surface area contributed by atoms with Crippen molar-refractivity contribution < 1.29 is 4.79 Å². The monoisotopic (exact) mass is 254 g/mol. The van der Waals surface area contributed by atoms with E-state index in [1.54, 1.807) is 6.20 Å². The van der Waals surface area contributed by atoms with E-state index in [2.05, 4.69) is 10.3 Å². The molecule has 0 fully saturated rings. The Morgan fingerprint density at radius 1 is 1.16 bits per heavy atom. The van der Waals surface area contributed by atoms with Gasteiger partial charge in [-0.15, -0.1) is 0 Å². The fraction of sp³-hybridized carbons (Fsp3) is 0.250. The Morgan fingerprint density at radius 2 is 1.95 bits per heavy atom. The van der Waals surface area contributed by atoms with Crippen molar-refractivity contribution in [3.05, 3.63) is 65.0 Å². The van der Waals surface area contributed by atoms with Gasteiger partial charge in [-0.1, -0.05) is 12.1 Å². The zero-order valence-electron chi connectivity index (χ0n) is 11.5. The van der Waals surface area contributed by atoms with Gasteiger partial charge in [-0.2, -0.15) is 0 Å². The maximum Gasteiger partial charge on any atom is 0.251 e. The lowest BCUT2D eigenvalue weighted by molar-refractivity contribution is 0.0939. The van der Waals surface area contributed by atoms with Crippen LogP contribution in [-0.4, -0.2) is 10.9 Å². The van der Waals surface area contributed by atoms with Crippen molar-refractivity contribution in [2.24, 2.45) is 0 Å². The molecule has 3 heteroatoms. The minimum Gasteiger partial charge on any atom is -0.344 e. The second-order valence-electron chi connectivity index (χ2n) is 4.75. The summed E-state index contributed by atoms with van der Waals surface area (Å²) in [4.78, 5) is 16.4. The molecule has 1 aromatic heterocycles. The molecular formula is C16H18N2O. The van der Waals surface area contributed by atoms with Gasteiger partial charge in [-0.25, -0.2) is 0 Å². The number of aromatic nitrogens is 1. The zero-order valence-corrected chi connectivity index (χ0v) is 11.5. The van der Waals surface area contributed by atoms with Crippen LogP contribution in [0.2, 0.25) is 0 Å². The lowest BCUT2D eigenvalue weighted by Crippen LogP contribution is -2.27. The van der Waals surface area contributed by atoms with Crippen LogP contribution in [0.3, 0.4) is 0 Å². The van der Waals surface area contributed by atoms with Crippen LogP contribution in [0.15, 0.2) is 42.6 Å². The highest BCUT2D eigenvalue weighted by molar-refractivity contribution is 5.94. The maximum absolute atomic E-state index is 12.2. The summed E-state index contributed by atoms with van der Waals surface area (Å²) in [5, 5.41) is 2.96. The molecule has 3 nitrogen and oxygen atoms in total. The molecule has 0 spiro atoms. The fourth-order valence-electron chi connectivity index (χ4n) is 1.87. The second kappa shape index (κ2) is 5.65. The molecule has 19 heavy (non-hydrogen) atoms. The number of hydrogen-bond donors (Lipinski definition) is 1. The maximum atomic E-state index is 12.2. The third-order valence-corrected chi connectivity index (χ3v) is 3.25. The van der Waals surface area contributed by atoms with E-state index in [0.717, 1.165) is 11.3 Å². The standard InChI is InChI=1S/C16H18N2O/c1-11-7-8-14(10-12(11)2)16(19)18-13(3)15-6-4-5-9-17-15/h4-10,13H,1-3H3,(H,18,19)/t13-/m1/s1. The summed E-state index contributed by atoms with van der Waals surface area (Å²) in [6, 6.07) is 11.3. The van der Waals surface area contributed by atoms with Gasteiger partial charge in [0.15, 0.2) is 0 Å². The lowest BCUT2D eigenvalue weighted by Gasteiger charge is -2.13. The van der Waals surface area contributed by atoms with Crippen molar-refractivity contribution in [2.75, 3.05) is 0 Å². The van der Waals surface area contributed by atoms with E-state index >= 15 is 0 Å². The number of carbonyl (C=O) groups is 1. The van der Waals surface area contributed by atoms with Gasteiger partial charge in [0.1, 0.15) is 0 Å². The normalized spacial score (nSPS) is 11.9. The Balaban J connectivity index is 2.11.